The Balaban J connectivity index is 1.43. The maximum absolute atomic E-state index is 13.0. The second-order valence-electron chi connectivity index (χ2n) is 7.19. The van der Waals surface area contributed by atoms with E-state index in [9.17, 15) is 22.8 Å². The van der Waals surface area contributed by atoms with Crippen LogP contribution in [0.2, 0.25) is 0 Å². The standard InChI is InChI=1S/C21H20F3N3O2/c22-21(23,24)15-5-4-8-17(13-15)25-9-11-26(12-10-25)18-14-19(28)27(20(18)29)16-6-2-1-3-7-16/h1-8,13,18H,9-12,14H2/t18-/m0/s1. The molecule has 29 heavy (non-hydrogen) atoms. The van der Waals surface area contributed by atoms with Gasteiger partial charge in [0.2, 0.25) is 5.91 Å². The molecule has 0 bridgehead atoms. The van der Waals surface area contributed by atoms with Crippen molar-refractivity contribution < 1.29 is 22.8 Å². The van der Waals surface area contributed by atoms with Crippen molar-refractivity contribution in [2.24, 2.45) is 0 Å². The first-order valence-electron chi connectivity index (χ1n) is 9.43. The molecule has 0 saturated carbocycles. The first-order chi connectivity index (χ1) is 13.8. The molecule has 0 aromatic heterocycles. The quantitative estimate of drug-likeness (QED) is 0.739. The van der Waals surface area contributed by atoms with Crippen molar-refractivity contribution in [1.82, 2.24) is 4.90 Å². The molecule has 2 fully saturated rings. The van der Waals surface area contributed by atoms with E-state index in [1.54, 1.807) is 30.3 Å². The molecule has 5 nitrogen and oxygen atoms in total. The number of amides is 2. The minimum Gasteiger partial charge on any atom is -0.369 e. The van der Waals surface area contributed by atoms with Gasteiger partial charge in [0.15, 0.2) is 0 Å². The average Bonchev–Trinajstić information content (AvgIpc) is 3.02. The summed E-state index contributed by atoms with van der Waals surface area (Å²) in [6.45, 7) is 1.99. The topological polar surface area (TPSA) is 43.9 Å². The molecule has 2 saturated heterocycles. The highest BCUT2D eigenvalue weighted by Gasteiger charge is 2.43. The summed E-state index contributed by atoms with van der Waals surface area (Å²) < 4.78 is 38.9. The Labute approximate surface area is 166 Å². The second kappa shape index (κ2) is 7.51. The fourth-order valence-electron chi connectivity index (χ4n) is 3.92. The molecule has 2 amide bonds. The van der Waals surface area contributed by atoms with Crippen LogP contribution in [0.4, 0.5) is 24.5 Å². The first-order valence-corrected chi connectivity index (χ1v) is 9.43. The summed E-state index contributed by atoms with van der Waals surface area (Å²) in [4.78, 5) is 30.3. The van der Waals surface area contributed by atoms with Crippen molar-refractivity contribution in [1.29, 1.82) is 0 Å². The second-order valence-corrected chi connectivity index (χ2v) is 7.19. The molecule has 152 valence electrons. The van der Waals surface area contributed by atoms with Gasteiger partial charge in [0.1, 0.15) is 0 Å². The number of nitrogens with zero attached hydrogens (tertiary/aromatic N) is 3. The third-order valence-electron chi connectivity index (χ3n) is 5.43. The van der Waals surface area contributed by atoms with Crippen molar-refractivity contribution >= 4 is 23.2 Å². The van der Waals surface area contributed by atoms with E-state index < -0.39 is 17.8 Å². The highest BCUT2D eigenvalue weighted by molar-refractivity contribution is 6.22. The largest absolute Gasteiger partial charge is 0.416 e. The fraction of sp³-hybridized carbons (Fsp3) is 0.333. The Bertz CT molecular complexity index is 909. The number of rotatable bonds is 3. The Morgan fingerprint density at radius 3 is 2.14 bits per heavy atom. The lowest BCUT2D eigenvalue weighted by Crippen LogP contribution is -2.52. The molecular formula is C21H20F3N3O2. The Hall–Kier alpha value is -2.87. The van der Waals surface area contributed by atoms with E-state index >= 15 is 0 Å². The van der Waals surface area contributed by atoms with E-state index in [4.69, 9.17) is 0 Å². The fourth-order valence-corrected chi connectivity index (χ4v) is 3.92. The molecule has 2 aromatic carbocycles. The van der Waals surface area contributed by atoms with E-state index in [-0.39, 0.29) is 18.2 Å². The molecular weight excluding hydrogens is 383 g/mol. The molecule has 2 heterocycles. The van der Waals surface area contributed by atoms with Crippen molar-refractivity contribution in [3.63, 3.8) is 0 Å². The lowest BCUT2D eigenvalue weighted by Gasteiger charge is -2.38. The number of benzene rings is 2. The van der Waals surface area contributed by atoms with Crippen LogP contribution in [0.15, 0.2) is 54.6 Å². The number of imide groups is 1. The van der Waals surface area contributed by atoms with Crippen LogP contribution in [0.1, 0.15) is 12.0 Å². The number of hydrogen-bond donors (Lipinski definition) is 0. The summed E-state index contributed by atoms with van der Waals surface area (Å²) in [7, 11) is 0. The Morgan fingerprint density at radius 2 is 1.48 bits per heavy atom. The van der Waals surface area contributed by atoms with Gasteiger partial charge in [-0.25, -0.2) is 4.90 Å². The summed E-state index contributed by atoms with van der Waals surface area (Å²) in [6.07, 6.45) is -4.26. The van der Waals surface area contributed by atoms with Crippen molar-refractivity contribution in [3.8, 4) is 0 Å². The van der Waals surface area contributed by atoms with Crippen molar-refractivity contribution in [2.75, 3.05) is 36.0 Å². The summed E-state index contributed by atoms with van der Waals surface area (Å²) in [6, 6.07) is 13.6. The number of alkyl halides is 3. The maximum Gasteiger partial charge on any atom is 0.416 e. The molecule has 1 atom stereocenters. The molecule has 0 radical (unpaired) electrons. The van der Waals surface area contributed by atoms with E-state index in [0.29, 0.717) is 37.6 Å². The van der Waals surface area contributed by atoms with Crippen LogP contribution in [0, 0.1) is 0 Å². The predicted octanol–water partition coefficient (Wildman–Crippen LogP) is 3.16. The zero-order valence-corrected chi connectivity index (χ0v) is 15.6. The van der Waals surface area contributed by atoms with E-state index in [1.807, 2.05) is 15.9 Å². The van der Waals surface area contributed by atoms with Crippen molar-refractivity contribution in [3.05, 3.63) is 60.2 Å². The lowest BCUT2D eigenvalue weighted by molar-refractivity contribution is -0.137. The van der Waals surface area contributed by atoms with Crippen LogP contribution in [0.5, 0.6) is 0 Å². The number of halogens is 3. The van der Waals surface area contributed by atoms with Crippen LogP contribution in [0.3, 0.4) is 0 Å². The average molecular weight is 403 g/mol. The molecule has 2 aliphatic rings. The normalized spacial score (nSPS) is 21.1. The minimum atomic E-state index is -4.38. The zero-order valence-electron chi connectivity index (χ0n) is 15.6. The Morgan fingerprint density at radius 1 is 0.828 bits per heavy atom. The summed E-state index contributed by atoms with van der Waals surface area (Å²) in [5, 5.41) is 0. The summed E-state index contributed by atoms with van der Waals surface area (Å²) in [5.74, 6) is -0.472. The molecule has 4 rings (SSSR count). The van der Waals surface area contributed by atoms with Gasteiger partial charge in [-0.3, -0.25) is 14.5 Å². The summed E-state index contributed by atoms with van der Waals surface area (Å²) >= 11 is 0. The lowest BCUT2D eigenvalue weighted by atomic mass is 10.1. The van der Waals surface area contributed by atoms with Gasteiger partial charge >= 0.3 is 6.18 Å². The minimum absolute atomic E-state index is 0.122. The SMILES string of the molecule is O=C1C[C@H](N2CCN(c3cccc(C(F)(F)F)c3)CC2)C(=O)N1c1ccccc1. The van der Waals surface area contributed by atoms with Crippen molar-refractivity contribution in [2.45, 2.75) is 18.6 Å². The number of hydrogen-bond acceptors (Lipinski definition) is 4. The molecule has 0 spiro atoms. The van der Waals surface area contributed by atoms with Gasteiger partial charge in [-0.1, -0.05) is 24.3 Å². The van der Waals surface area contributed by atoms with E-state index in [0.717, 1.165) is 12.1 Å². The molecule has 0 unspecified atom stereocenters. The number of para-hydroxylation sites is 1. The highest BCUT2D eigenvalue weighted by atomic mass is 19.4. The van der Waals surface area contributed by atoms with Gasteiger partial charge in [-0.15, -0.1) is 0 Å². The molecule has 2 aromatic rings. The van der Waals surface area contributed by atoms with Crippen LogP contribution in [-0.2, 0) is 15.8 Å². The van der Waals surface area contributed by atoms with Gasteiger partial charge in [0.05, 0.1) is 23.7 Å². The van der Waals surface area contributed by atoms with E-state index in [2.05, 4.69) is 0 Å². The predicted molar refractivity (Wildman–Crippen MR) is 103 cm³/mol. The van der Waals surface area contributed by atoms with Gasteiger partial charge < -0.3 is 4.90 Å². The van der Waals surface area contributed by atoms with Gasteiger partial charge in [0, 0.05) is 31.9 Å². The molecule has 0 aliphatic carbocycles. The highest BCUT2D eigenvalue weighted by Crippen LogP contribution is 2.32. The number of piperazine rings is 1. The summed E-state index contributed by atoms with van der Waals surface area (Å²) in [5.41, 5.74) is 0.402. The molecule has 0 N–H and O–H groups in total. The molecule has 8 heteroatoms. The first kappa shape index (κ1) is 19.4. The third-order valence-corrected chi connectivity index (χ3v) is 5.43. The van der Waals surface area contributed by atoms with Gasteiger partial charge in [-0.2, -0.15) is 13.2 Å². The monoisotopic (exact) mass is 403 g/mol. The van der Waals surface area contributed by atoms with Gasteiger partial charge in [-0.05, 0) is 30.3 Å². The van der Waals surface area contributed by atoms with Gasteiger partial charge in [0.25, 0.3) is 5.91 Å². The number of carbonyl (C=O) groups excluding carboxylic acids is 2. The van der Waals surface area contributed by atoms with Crippen LogP contribution in [-0.4, -0.2) is 48.9 Å². The van der Waals surface area contributed by atoms with E-state index in [1.165, 1.54) is 11.0 Å². The maximum atomic E-state index is 13.0. The Kier molecular flexibility index (Phi) is 5.04. The smallest absolute Gasteiger partial charge is 0.369 e. The number of anilines is 2. The third kappa shape index (κ3) is 3.85. The zero-order chi connectivity index (χ0) is 20.6. The number of carbonyl (C=O) groups is 2. The van der Waals surface area contributed by atoms with Crippen LogP contribution >= 0.6 is 0 Å². The molecule has 2 aliphatic heterocycles. The van der Waals surface area contributed by atoms with Crippen LogP contribution in [0.25, 0.3) is 0 Å². The van der Waals surface area contributed by atoms with Crippen LogP contribution < -0.4 is 9.80 Å².